The molecule has 24 heavy (non-hydrogen) atoms. The van der Waals surface area contributed by atoms with Crippen LogP contribution >= 0.6 is 23.2 Å². The van der Waals surface area contributed by atoms with E-state index in [0.717, 1.165) is 18.2 Å². The molecule has 0 atom stereocenters. The van der Waals surface area contributed by atoms with Crippen molar-refractivity contribution in [1.82, 2.24) is 0 Å². The first-order chi connectivity index (χ1) is 11.3. The lowest BCUT2D eigenvalue weighted by atomic mass is 10.1. The summed E-state index contributed by atoms with van der Waals surface area (Å²) < 4.78 is 42.8. The van der Waals surface area contributed by atoms with Gasteiger partial charge in [0.05, 0.1) is 5.56 Å². The number of esters is 1. The minimum Gasteiger partial charge on any atom is -0.458 e. The molecule has 0 bridgehead atoms. The van der Waals surface area contributed by atoms with Gasteiger partial charge in [0.1, 0.15) is 6.61 Å². The van der Waals surface area contributed by atoms with E-state index in [2.05, 4.69) is 0 Å². The van der Waals surface area contributed by atoms with Crippen LogP contribution in [0.1, 0.15) is 16.7 Å². The highest BCUT2D eigenvalue weighted by Crippen LogP contribution is 2.29. The molecule has 126 valence electrons. The molecule has 0 aliphatic heterocycles. The second-order valence-electron chi connectivity index (χ2n) is 4.76. The molecule has 0 fully saturated rings. The molecule has 0 saturated heterocycles. The number of halogens is 5. The zero-order valence-electron chi connectivity index (χ0n) is 12.1. The Morgan fingerprint density at radius 3 is 2.33 bits per heavy atom. The van der Waals surface area contributed by atoms with Crippen LogP contribution < -0.4 is 0 Å². The van der Waals surface area contributed by atoms with Crippen molar-refractivity contribution in [1.29, 1.82) is 0 Å². The molecule has 2 nitrogen and oxygen atoms in total. The summed E-state index contributed by atoms with van der Waals surface area (Å²) in [6, 6.07) is 9.47. The van der Waals surface area contributed by atoms with Crippen LogP contribution in [0.5, 0.6) is 0 Å². The van der Waals surface area contributed by atoms with Crippen LogP contribution in [0.25, 0.3) is 6.08 Å². The molecule has 0 radical (unpaired) electrons. The zero-order valence-corrected chi connectivity index (χ0v) is 13.6. The normalized spacial score (nSPS) is 11.7. The molecule has 0 aliphatic rings. The molecule has 0 unspecified atom stereocenters. The molecular weight excluding hydrogens is 364 g/mol. The molecule has 7 heteroatoms. The third-order valence-corrected chi connectivity index (χ3v) is 3.75. The molecule has 0 spiro atoms. The molecule has 2 rings (SSSR count). The maximum atomic E-state index is 12.6. The van der Waals surface area contributed by atoms with E-state index in [9.17, 15) is 18.0 Å². The highest BCUT2D eigenvalue weighted by molar-refractivity contribution is 6.35. The lowest BCUT2D eigenvalue weighted by Gasteiger charge is -2.07. The Morgan fingerprint density at radius 2 is 1.71 bits per heavy atom. The number of carbonyl (C=O) groups excluding carboxylic acids is 1. The van der Waals surface area contributed by atoms with Crippen LogP contribution in [0, 0.1) is 0 Å². The topological polar surface area (TPSA) is 26.3 Å². The molecule has 0 saturated carbocycles. The van der Waals surface area contributed by atoms with Crippen LogP contribution in [-0.4, -0.2) is 5.97 Å². The molecule has 0 heterocycles. The third kappa shape index (κ3) is 5.01. The van der Waals surface area contributed by atoms with E-state index >= 15 is 0 Å². The van der Waals surface area contributed by atoms with E-state index in [0.29, 0.717) is 15.6 Å². The van der Waals surface area contributed by atoms with Gasteiger partial charge in [-0.15, -0.1) is 0 Å². The average Bonchev–Trinajstić information content (AvgIpc) is 2.52. The van der Waals surface area contributed by atoms with E-state index in [4.69, 9.17) is 27.9 Å². The lowest BCUT2D eigenvalue weighted by Crippen LogP contribution is -2.04. The van der Waals surface area contributed by atoms with Gasteiger partial charge in [-0.05, 0) is 35.9 Å². The monoisotopic (exact) mass is 374 g/mol. The van der Waals surface area contributed by atoms with Crippen molar-refractivity contribution >= 4 is 35.2 Å². The summed E-state index contributed by atoms with van der Waals surface area (Å²) >= 11 is 11.9. The number of hydrogen-bond donors (Lipinski definition) is 0. The molecule has 2 aromatic rings. The number of carbonyl (C=O) groups is 1. The lowest BCUT2D eigenvalue weighted by molar-refractivity contribution is -0.139. The van der Waals surface area contributed by atoms with Crippen molar-refractivity contribution in [2.24, 2.45) is 0 Å². The first kappa shape index (κ1) is 18.4. The Morgan fingerprint density at radius 1 is 1.08 bits per heavy atom. The fraction of sp³-hybridized carbons (Fsp3) is 0.118. The molecule has 0 aromatic heterocycles. The number of hydrogen-bond acceptors (Lipinski definition) is 2. The minimum atomic E-state index is -4.44. The predicted molar refractivity (Wildman–Crippen MR) is 86.7 cm³/mol. The third-order valence-electron chi connectivity index (χ3n) is 3.05. The summed E-state index contributed by atoms with van der Waals surface area (Å²) in [7, 11) is 0. The van der Waals surface area contributed by atoms with Crippen molar-refractivity contribution < 1.29 is 22.7 Å². The summed E-state index contributed by atoms with van der Waals surface area (Å²) in [5.74, 6) is -0.719. The van der Waals surface area contributed by atoms with Gasteiger partial charge in [0.2, 0.25) is 0 Å². The van der Waals surface area contributed by atoms with Gasteiger partial charge in [0, 0.05) is 21.7 Å². The number of rotatable bonds is 4. The Balaban J connectivity index is 2.01. The second-order valence-corrected chi connectivity index (χ2v) is 5.58. The Kier molecular flexibility index (Phi) is 5.91. The van der Waals surface area contributed by atoms with Gasteiger partial charge in [0.25, 0.3) is 0 Å². The highest BCUT2D eigenvalue weighted by Gasteiger charge is 2.30. The molecule has 0 aliphatic carbocycles. The summed E-state index contributed by atoms with van der Waals surface area (Å²) in [4.78, 5) is 11.7. The first-order valence-corrected chi connectivity index (χ1v) is 7.48. The predicted octanol–water partition coefficient (Wildman–Crippen LogP) is 5.77. The van der Waals surface area contributed by atoms with Gasteiger partial charge in [-0.25, -0.2) is 4.79 Å². The number of alkyl halides is 3. The fourth-order valence-corrected chi connectivity index (χ4v) is 2.35. The Bertz CT molecular complexity index is 750. The SMILES string of the molecule is O=C(/C=C/c1cccc(C(F)(F)F)c1)OCc1c(Cl)cccc1Cl. The zero-order chi connectivity index (χ0) is 17.7. The second kappa shape index (κ2) is 7.73. The summed E-state index contributed by atoms with van der Waals surface area (Å²) in [5.41, 5.74) is -0.0972. The van der Waals surface area contributed by atoms with E-state index in [1.54, 1.807) is 18.2 Å². The number of benzene rings is 2. The van der Waals surface area contributed by atoms with Crippen molar-refractivity contribution in [2.75, 3.05) is 0 Å². The van der Waals surface area contributed by atoms with Crippen LogP contribution in [0.2, 0.25) is 10.0 Å². The first-order valence-electron chi connectivity index (χ1n) is 6.72. The van der Waals surface area contributed by atoms with Crippen LogP contribution in [0.4, 0.5) is 13.2 Å². The van der Waals surface area contributed by atoms with Gasteiger partial charge >= 0.3 is 12.1 Å². The van der Waals surface area contributed by atoms with Gasteiger partial charge < -0.3 is 4.74 Å². The van der Waals surface area contributed by atoms with Gasteiger partial charge in [-0.3, -0.25) is 0 Å². The van der Waals surface area contributed by atoms with Gasteiger partial charge in [0.15, 0.2) is 0 Å². The molecule has 2 aromatic carbocycles. The van der Waals surface area contributed by atoms with Crippen molar-refractivity contribution in [3.63, 3.8) is 0 Å². The maximum Gasteiger partial charge on any atom is 0.416 e. The smallest absolute Gasteiger partial charge is 0.416 e. The van der Waals surface area contributed by atoms with Gasteiger partial charge in [-0.2, -0.15) is 13.2 Å². The van der Waals surface area contributed by atoms with E-state index in [1.165, 1.54) is 18.2 Å². The van der Waals surface area contributed by atoms with E-state index in [-0.39, 0.29) is 12.2 Å². The Hall–Kier alpha value is -1.98. The summed E-state index contributed by atoms with van der Waals surface area (Å²) in [5, 5.41) is 0.717. The van der Waals surface area contributed by atoms with Gasteiger partial charge in [-0.1, -0.05) is 41.4 Å². The minimum absolute atomic E-state index is 0.135. The molecule has 0 N–H and O–H groups in total. The summed E-state index contributed by atoms with van der Waals surface area (Å²) in [6.07, 6.45) is -2.16. The average molecular weight is 375 g/mol. The fourth-order valence-electron chi connectivity index (χ4n) is 1.84. The van der Waals surface area contributed by atoms with Crippen molar-refractivity contribution in [3.8, 4) is 0 Å². The van der Waals surface area contributed by atoms with Crippen molar-refractivity contribution in [3.05, 3.63) is 75.3 Å². The maximum absolute atomic E-state index is 12.6. The summed E-state index contributed by atoms with van der Waals surface area (Å²) in [6.45, 7) is -0.135. The standard InChI is InChI=1S/C17H11Cl2F3O2/c18-14-5-2-6-15(19)13(14)10-24-16(23)8-7-11-3-1-4-12(9-11)17(20,21)22/h1-9H,10H2/b8-7+. The molecular formula is C17H11Cl2F3O2. The molecule has 0 amide bonds. The quantitative estimate of drug-likeness (QED) is 0.501. The van der Waals surface area contributed by atoms with Crippen LogP contribution in [-0.2, 0) is 22.3 Å². The Labute approximate surface area is 146 Å². The largest absolute Gasteiger partial charge is 0.458 e. The van der Waals surface area contributed by atoms with E-state index in [1.807, 2.05) is 0 Å². The van der Waals surface area contributed by atoms with Crippen LogP contribution in [0.3, 0.4) is 0 Å². The highest BCUT2D eigenvalue weighted by atomic mass is 35.5. The van der Waals surface area contributed by atoms with Crippen LogP contribution in [0.15, 0.2) is 48.5 Å². The van der Waals surface area contributed by atoms with Crippen molar-refractivity contribution in [2.45, 2.75) is 12.8 Å². The van der Waals surface area contributed by atoms with E-state index < -0.39 is 17.7 Å². The number of ether oxygens (including phenoxy) is 1.